The molecule has 0 saturated carbocycles. The number of anilines is 1. The van der Waals surface area contributed by atoms with Gasteiger partial charge in [-0.1, -0.05) is 18.2 Å². The van der Waals surface area contributed by atoms with E-state index in [0.29, 0.717) is 0 Å². The van der Waals surface area contributed by atoms with Crippen LogP contribution in [0.4, 0.5) is 5.69 Å². The Morgan fingerprint density at radius 1 is 1.38 bits per heavy atom. The molecule has 1 heterocycles. The van der Waals surface area contributed by atoms with E-state index < -0.39 is 6.04 Å². The van der Waals surface area contributed by atoms with Crippen molar-refractivity contribution < 1.29 is 4.79 Å². The number of para-hydroxylation sites is 1. The molecule has 0 aromatic heterocycles. The molecule has 1 aliphatic heterocycles. The first kappa shape index (κ1) is 11.1. The van der Waals surface area contributed by atoms with Gasteiger partial charge in [-0.3, -0.25) is 4.79 Å². The lowest BCUT2D eigenvalue weighted by Crippen LogP contribution is -2.42. The molecule has 2 rings (SSSR count). The normalized spacial score (nSPS) is 17.5. The average Bonchev–Trinajstić information content (AvgIpc) is 2.50. The molecular formula is C13H18N2O. The summed E-state index contributed by atoms with van der Waals surface area (Å²) in [4.78, 5) is 13.9. The molecule has 1 atom stereocenters. The van der Waals surface area contributed by atoms with Crippen molar-refractivity contribution in [2.45, 2.75) is 32.2 Å². The number of fused-ring (bicyclic) bond motifs is 1. The summed E-state index contributed by atoms with van der Waals surface area (Å²) in [5, 5.41) is 0. The molecule has 2 N–H and O–H groups in total. The van der Waals surface area contributed by atoms with Crippen LogP contribution in [0.1, 0.15) is 25.3 Å². The zero-order chi connectivity index (χ0) is 11.5. The second-order valence-corrected chi connectivity index (χ2v) is 4.36. The van der Waals surface area contributed by atoms with Crippen LogP contribution >= 0.6 is 0 Å². The van der Waals surface area contributed by atoms with E-state index in [1.807, 2.05) is 23.1 Å². The first-order valence-corrected chi connectivity index (χ1v) is 5.85. The summed E-state index contributed by atoms with van der Waals surface area (Å²) < 4.78 is 0. The van der Waals surface area contributed by atoms with Gasteiger partial charge in [0.15, 0.2) is 0 Å². The lowest BCUT2D eigenvalue weighted by molar-refractivity contribution is -0.119. The molecule has 1 aliphatic rings. The van der Waals surface area contributed by atoms with Gasteiger partial charge in [0.05, 0.1) is 6.04 Å². The molecule has 16 heavy (non-hydrogen) atoms. The summed E-state index contributed by atoms with van der Waals surface area (Å²) in [5.41, 5.74) is 7.99. The van der Waals surface area contributed by atoms with Gasteiger partial charge in [-0.05, 0) is 37.8 Å². The van der Waals surface area contributed by atoms with Gasteiger partial charge in [0.1, 0.15) is 0 Å². The number of amides is 1. The van der Waals surface area contributed by atoms with Crippen LogP contribution < -0.4 is 10.6 Å². The molecule has 0 bridgehead atoms. The molecule has 0 aliphatic carbocycles. The van der Waals surface area contributed by atoms with Crippen molar-refractivity contribution >= 4 is 11.6 Å². The van der Waals surface area contributed by atoms with Crippen LogP contribution in [-0.4, -0.2) is 18.5 Å². The lowest BCUT2D eigenvalue weighted by Gasteiger charge is -2.24. The van der Waals surface area contributed by atoms with Gasteiger partial charge in [0.2, 0.25) is 5.91 Å². The third kappa shape index (κ3) is 2.09. The highest BCUT2D eigenvalue weighted by Gasteiger charge is 2.22. The van der Waals surface area contributed by atoms with Crippen LogP contribution in [0.5, 0.6) is 0 Å². The predicted molar refractivity (Wildman–Crippen MR) is 65.4 cm³/mol. The number of carbonyl (C=O) groups is 1. The van der Waals surface area contributed by atoms with Crippen molar-refractivity contribution in [2.75, 3.05) is 11.4 Å². The maximum absolute atomic E-state index is 12.0. The largest absolute Gasteiger partial charge is 0.320 e. The fraction of sp³-hybridized carbons (Fsp3) is 0.462. The van der Waals surface area contributed by atoms with E-state index in [-0.39, 0.29) is 5.91 Å². The highest BCUT2D eigenvalue weighted by molar-refractivity contribution is 5.97. The Morgan fingerprint density at radius 3 is 2.88 bits per heavy atom. The quantitative estimate of drug-likeness (QED) is 0.780. The Balaban J connectivity index is 2.36. The number of nitrogens with zero attached hydrogens (tertiary/aromatic N) is 1. The third-order valence-electron chi connectivity index (χ3n) is 3.02. The zero-order valence-electron chi connectivity index (χ0n) is 9.65. The summed E-state index contributed by atoms with van der Waals surface area (Å²) >= 11 is 0. The Bertz CT molecular complexity index is 387. The number of rotatable bonds is 1. The zero-order valence-corrected chi connectivity index (χ0v) is 9.65. The first-order valence-electron chi connectivity index (χ1n) is 5.85. The van der Waals surface area contributed by atoms with Gasteiger partial charge in [0, 0.05) is 12.2 Å². The van der Waals surface area contributed by atoms with E-state index in [1.165, 1.54) is 5.56 Å². The number of hydrogen-bond donors (Lipinski definition) is 1. The van der Waals surface area contributed by atoms with E-state index in [9.17, 15) is 4.79 Å². The van der Waals surface area contributed by atoms with Crippen molar-refractivity contribution in [3.05, 3.63) is 29.8 Å². The van der Waals surface area contributed by atoms with Gasteiger partial charge in [-0.25, -0.2) is 0 Å². The number of hydrogen-bond acceptors (Lipinski definition) is 2. The predicted octanol–water partition coefficient (Wildman–Crippen LogP) is 1.70. The van der Waals surface area contributed by atoms with Crippen LogP contribution in [-0.2, 0) is 11.2 Å². The molecule has 3 nitrogen and oxygen atoms in total. The molecule has 86 valence electrons. The molecule has 0 unspecified atom stereocenters. The number of nitrogens with two attached hydrogens (primary N) is 1. The Hall–Kier alpha value is -1.35. The summed E-state index contributed by atoms with van der Waals surface area (Å²) in [5.74, 6) is 0.0225. The summed E-state index contributed by atoms with van der Waals surface area (Å²) in [7, 11) is 0. The molecule has 0 saturated heterocycles. The Morgan fingerprint density at radius 2 is 2.12 bits per heavy atom. The first-order chi connectivity index (χ1) is 7.70. The van der Waals surface area contributed by atoms with Gasteiger partial charge >= 0.3 is 0 Å². The van der Waals surface area contributed by atoms with Crippen molar-refractivity contribution in [3.63, 3.8) is 0 Å². The van der Waals surface area contributed by atoms with E-state index >= 15 is 0 Å². The van der Waals surface area contributed by atoms with Crippen LogP contribution in [0.15, 0.2) is 24.3 Å². The topological polar surface area (TPSA) is 46.3 Å². The SMILES string of the molecule is C[C@@H](N)C(=O)N1CCCCc2ccccc21. The molecular weight excluding hydrogens is 200 g/mol. The molecule has 1 aromatic rings. The minimum atomic E-state index is -0.425. The van der Waals surface area contributed by atoms with Gasteiger partial charge in [-0.2, -0.15) is 0 Å². The maximum atomic E-state index is 12.0. The number of carbonyl (C=O) groups excluding carboxylic acids is 1. The molecule has 3 heteroatoms. The van der Waals surface area contributed by atoms with Crippen molar-refractivity contribution in [1.29, 1.82) is 0 Å². The fourth-order valence-corrected chi connectivity index (χ4v) is 2.17. The van der Waals surface area contributed by atoms with Gasteiger partial charge in [0.25, 0.3) is 0 Å². The van der Waals surface area contributed by atoms with Crippen LogP contribution in [0.3, 0.4) is 0 Å². The highest BCUT2D eigenvalue weighted by Crippen LogP contribution is 2.26. The summed E-state index contributed by atoms with van der Waals surface area (Å²) in [6, 6.07) is 7.69. The summed E-state index contributed by atoms with van der Waals surface area (Å²) in [6.45, 7) is 2.53. The Labute approximate surface area is 96.2 Å². The van der Waals surface area contributed by atoms with Crippen LogP contribution in [0, 0.1) is 0 Å². The van der Waals surface area contributed by atoms with Crippen LogP contribution in [0.2, 0.25) is 0 Å². The van der Waals surface area contributed by atoms with E-state index in [0.717, 1.165) is 31.5 Å². The number of benzene rings is 1. The standard InChI is InChI=1S/C13H18N2O/c1-10(14)13(16)15-9-5-4-7-11-6-2-3-8-12(11)15/h2-3,6,8,10H,4-5,7,9,14H2,1H3/t10-/m1/s1. The Kier molecular flexibility index (Phi) is 3.25. The fourth-order valence-electron chi connectivity index (χ4n) is 2.17. The van der Waals surface area contributed by atoms with E-state index in [2.05, 4.69) is 6.07 Å². The van der Waals surface area contributed by atoms with Crippen molar-refractivity contribution in [1.82, 2.24) is 0 Å². The third-order valence-corrected chi connectivity index (χ3v) is 3.02. The average molecular weight is 218 g/mol. The lowest BCUT2D eigenvalue weighted by atomic mass is 10.1. The summed E-state index contributed by atoms with van der Waals surface area (Å²) in [6.07, 6.45) is 3.24. The molecule has 0 fully saturated rings. The minimum Gasteiger partial charge on any atom is -0.320 e. The van der Waals surface area contributed by atoms with Gasteiger partial charge in [-0.15, -0.1) is 0 Å². The smallest absolute Gasteiger partial charge is 0.243 e. The number of aryl methyl sites for hydroxylation is 1. The van der Waals surface area contributed by atoms with Crippen molar-refractivity contribution in [2.24, 2.45) is 5.73 Å². The highest BCUT2D eigenvalue weighted by atomic mass is 16.2. The van der Waals surface area contributed by atoms with E-state index in [1.54, 1.807) is 6.92 Å². The second kappa shape index (κ2) is 4.66. The van der Waals surface area contributed by atoms with Crippen molar-refractivity contribution in [3.8, 4) is 0 Å². The second-order valence-electron chi connectivity index (χ2n) is 4.36. The minimum absolute atomic E-state index is 0.0225. The molecule has 0 spiro atoms. The molecule has 1 amide bonds. The maximum Gasteiger partial charge on any atom is 0.243 e. The monoisotopic (exact) mass is 218 g/mol. The molecule has 0 radical (unpaired) electrons. The van der Waals surface area contributed by atoms with Crippen LogP contribution in [0.25, 0.3) is 0 Å². The van der Waals surface area contributed by atoms with Gasteiger partial charge < -0.3 is 10.6 Å². The molecule has 1 aromatic carbocycles. The van der Waals surface area contributed by atoms with E-state index in [4.69, 9.17) is 5.73 Å².